The van der Waals surface area contributed by atoms with Gasteiger partial charge in [0.2, 0.25) is 0 Å². The van der Waals surface area contributed by atoms with Crippen molar-refractivity contribution in [3.05, 3.63) is 56.5 Å². The Balaban J connectivity index is 1.85. The second kappa shape index (κ2) is 5.97. The number of ether oxygens (including phenoxy) is 1. The second-order valence-electron chi connectivity index (χ2n) is 4.81. The van der Waals surface area contributed by atoms with Crippen LogP contribution in [-0.4, -0.2) is 6.61 Å². The Morgan fingerprint density at radius 1 is 1.33 bits per heavy atom. The van der Waals surface area contributed by atoms with Gasteiger partial charge in [0.15, 0.2) is 0 Å². The molecule has 0 saturated heterocycles. The van der Waals surface area contributed by atoms with Crippen molar-refractivity contribution in [1.82, 2.24) is 0 Å². The van der Waals surface area contributed by atoms with Gasteiger partial charge in [-0.1, -0.05) is 27.5 Å². The molecular formula is C16H12BrClN2O. The van der Waals surface area contributed by atoms with E-state index in [1.165, 1.54) is 0 Å². The van der Waals surface area contributed by atoms with Crippen molar-refractivity contribution in [2.24, 2.45) is 0 Å². The lowest BCUT2D eigenvalue weighted by Crippen LogP contribution is -2.03. The normalized spacial score (nSPS) is 12.4. The van der Waals surface area contributed by atoms with E-state index in [0.717, 1.165) is 33.5 Å². The second-order valence-corrected chi connectivity index (χ2v) is 6.16. The van der Waals surface area contributed by atoms with Gasteiger partial charge in [-0.25, -0.2) is 0 Å². The molecule has 0 saturated carbocycles. The summed E-state index contributed by atoms with van der Waals surface area (Å²) in [5, 5.41) is 13.2. The van der Waals surface area contributed by atoms with Crippen LogP contribution in [0.2, 0.25) is 5.02 Å². The monoisotopic (exact) mass is 362 g/mol. The molecule has 2 aromatic carbocycles. The summed E-state index contributed by atoms with van der Waals surface area (Å²) in [5.74, 6) is 0.919. The van der Waals surface area contributed by atoms with E-state index in [0.29, 0.717) is 23.7 Å². The molecule has 0 unspecified atom stereocenters. The number of nitrogens with zero attached hydrogens (tertiary/aromatic N) is 1. The van der Waals surface area contributed by atoms with Crippen molar-refractivity contribution in [1.29, 1.82) is 5.26 Å². The first-order chi connectivity index (χ1) is 10.2. The summed E-state index contributed by atoms with van der Waals surface area (Å²) in [7, 11) is 0. The lowest BCUT2D eigenvalue weighted by Gasteiger charge is -2.12. The van der Waals surface area contributed by atoms with Crippen LogP contribution in [-0.2, 0) is 13.0 Å². The summed E-state index contributed by atoms with van der Waals surface area (Å²) in [4.78, 5) is 0. The predicted octanol–water partition coefficient (Wildman–Crippen LogP) is 4.52. The third-order valence-corrected chi connectivity index (χ3v) is 4.11. The van der Waals surface area contributed by atoms with Crippen LogP contribution < -0.4 is 10.1 Å². The molecule has 0 spiro atoms. The van der Waals surface area contributed by atoms with E-state index in [9.17, 15) is 5.26 Å². The summed E-state index contributed by atoms with van der Waals surface area (Å²) in [6.07, 6.45) is 0.893. The lowest BCUT2D eigenvalue weighted by molar-refractivity contribution is 0.354. The quantitative estimate of drug-likeness (QED) is 0.872. The SMILES string of the molecule is N#Cc1cc(Br)ccc1NCc1cc(Cl)cc2c1OCC2. The van der Waals surface area contributed by atoms with E-state index < -0.39 is 0 Å². The van der Waals surface area contributed by atoms with E-state index in [2.05, 4.69) is 27.3 Å². The highest BCUT2D eigenvalue weighted by Gasteiger charge is 2.17. The number of halogens is 2. The minimum atomic E-state index is 0.569. The van der Waals surface area contributed by atoms with Crippen molar-refractivity contribution in [3.8, 4) is 11.8 Å². The molecule has 0 radical (unpaired) electrons. The van der Waals surface area contributed by atoms with Gasteiger partial charge >= 0.3 is 0 Å². The maximum atomic E-state index is 9.18. The predicted molar refractivity (Wildman–Crippen MR) is 86.8 cm³/mol. The molecule has 0 atom stereocenters. The molecule has 1 N–H and O–H groups in total. The molecule has 5 heteroatoms. The summed E-state index contributed by atoms with van der Waals surface area (Å²) in [5.41, 5.74) is 3.56. The average Bonchev–Trinajstić information content (AvgIpc) is 2.93. The zero-order valence-electron chi connectivity index (χ0n) is 11.1. The highest BCUT2D eigenvalue weighted by atomic mass is 79.9. The van der Waals surface area contributed by atoms with Gasteiger partial charge in [-0.15, -0.1) is 0 Å². The summed E-state index contributed by atoms with van der Waals surface area (Å²) in [6.45, 7) is 1.27. The van der Waals surface area contributed by atoms with E-state index in [-0.39, 0.29) is 0 Å². The molecule has 21 heavy (non-hydrogen) atoms. The molecule has 106 valence electrons. The number of fused-ring (bicyclic) bond motifs is 1. The van der Waals surface area contributed by atoms with Crippen LogP contribution in [0.15, 0.2) is 34.8 Å². The first-order valence-electron chi connectivity index (χ1n) is 6.55. The molecule has 1 heterocycles. The molecule has 0 aromatic heterocycles. The van der Waals surface area contributed by atoms with Crippen LogP contribution in [0.25, 0.3) is 0 Å². The molecule has 0 fully saturated rings. The minimum absolute atomic E-state index is 0.569. The van der Waals surface area contributed by atoms with E-state index in [1.807, 2.05) is 24.3 Å². The Morgan fingerprint density at radius 2 is 2.19 bits per heavy atom. The summed E-state index contributed by atoms with van der Waals surface area (Å²) in [6, 6.07) is 11.6. The van der Waals surface area contributed by atoms with Gasteiger partial charge in [0, 0.05) is 28.0 Å². The summed E-state index contributed by atoms with van der Waals surface area (Å²) < 4.78 is 6.56. The number of anilines is 1. The van der Waals surface area contributed by atoms with Gasteiger partial charge < -0.3 is 10.1 Å². The Hall–Kier alpha value is -1.70. The first kappa shape index (κ1) is 14.2. The van der Waals surface area contributed by atoms with Crippen molar-refractivity contribution in [3.63, 3.8) is 0 Å². The number of hydrogen-bond acceptors (Lipinski definition) is 3. The molecule has 2 aromatic rings. The molecule has 1 aliphatic heterocycles. The molecule has 3 rings (SSSR count). The lowest BCUT2D eigenvalue weighted by atomic mass is 10.1. The number of hydrogen-bond donors (Lipinski definition) is 1. The molecule has 0 aliphatic carbocycles. The van der Waals surface area contributed by atoms with Gasteiger partial charge in [-0.2, -0.15) is 5.26 Å². The van der Waals surface area contributed by atoms with Crippen molar-refractivity contribution < 1.29 is 4.74 Å². The zero-order valence-corrected chi connectivity index (χ0v) is 13.5. The summed E-state index contributed by atoms with van der Waals surface area (Å²) >= 11 is 9.51. The number of benzene rings is 2. The zero-order chi connectivity index (χ0) is 14.8. The fraction of sp³-hybridized carbons (Fsp3) is 0.188. The maximum absolute atomic E-state index is 9.18. The van der Waals surface area contributed by atoms with Crippen molar-refractivity contribution in [2.45, 2.75) is 13.0 Å². The average molecular weight is 364 g/mol. The third-order valence-electron chi connectivity index (χ3n) is 3.40. The largest absolute Gasteiger partial charge is 0.493 e. The fourth-order valence-corrected chi connectivity index (χ4v) is 3.06. The first-order valence-corrected chi connectivity index (χ1v) is 7.72. The topological polar surface area (TPSA) is 45.0 Å². The Morgan fingerprint density at radius 3 is 3.00 bits per heavy atom. The van der Waals surface area contributed by atoms with Crippen LogP contribution in [0.3, 0.4) is 0 Å². The van der Waals surface area contributed by atoms with Crippen molar-refractivity contribution >= 4 is 33.2 Å². The molecule has 1 aliphatic rings. The van der Waals surface area contributed by atoms with Crippen molar-refractivity contribution in [2.75, 3.05) is 11.9 Å². The molecule has 0 amide bonds. The van der Waals surface area contributed by atoms with E-state index in [1.54, 1.807) is 6.07 Å². The standard InChI is InChI=1S/C16H12BrClN2O/c17-13-1-2-15(11(5-13)8-19)20-9-12-7-14(18)6-10-3-4-21-16(10)12/h1-2,5-7,20H,3-4,9H2. The van der Waals surface area contributed by atoms with Gasteiger partial charge in [0.05, 0.1) is 17.9 Å². The number of rotatable bonds is 3. The Bertz CT molecular complexity index is 740. The Labute approximate surface area is 136 Å². The minimum Gasteiger partial charge on any atom is -0.493 e. The molecule has 0 bridgehead atoms. The van der Waals surface area contributed by atoms with Gasteiger partial charge in [0.25, 0.3) is 0 Å². The van der Waals surface area contributed by atoms with Crippen LogP contribution in [0, 0.1) is 11.3 Å². The van der Waals surface area contributed by atoms with E-state index >= 15 is 0 Å². The number of nitrogens with one attached hydrogen (secondary N) is 1. The smallest absolute Gasteiger partial charge is 0.127 e. The highest BCUT2D eigenvalue weighted by molar-refractivity contribution is 9.10. The van der Waals surface area contributed by atoms with Crippen LogP contribution in [0.1, 0.15) is 16.7 Å². The van der Waals surface area contributed by atoms with Crippen LogP contribution >= 0.6 is 27.5 Å². The highest BCUT2D eigenvalue weighted by Crippen LogP contribution is 2.33. The van der Waals surface area contributed by atoms with Crippen LogP contribution in [0.5, 0.6) is 5.75 Å². The third kappa shape index (κ3) is 2.99. The van der Waals surface area contributed by atoms with Gasteiger partial charge in [0.1, 0.15) is 11.8 Å². The van der Waals surface area contributed by atoms with Gasteiger partial charge in [-0.05, 0) is 35.9 Å². The Kier molecular flexibility index (Phi) is 4.05. The van der Waals surface area contributed by atoms with Crippen LogP contribution in [0.4, 0.5) is 5.69 Å². The maximum Gasteiger partial charge on any atom is 0.127 e. The van der Waals surface area contributed by atoms with Gasteiger partial charge in [-0.3, -0.25) is 0 Å². The van der Waals surface area contributed by atoms with E-state index in [4.69, 9.17) is 16.3 Å². The number of nitriles is 1. The molecular weight excluding hydrogens is 352 g/mol. The molecule has 3 nitrogen and oxygen atoms in total. The fourth-order valence-electron chi connectivity index (χ4n) is 2.43.